The second-order valence-corrected chi connectivity index (χ2v) is 10.0. The maximum Gasteiger partial charge on any atom is 0.253 e. The summed E-state index contributed by atoms with van der Waals surface area (Å²) >= 11 is 13.6. The van der Waals surface area contributed by atoms with Crippen LogP contribution >= 0.6 is 35.0 Å². The van der Waals surface area contributed by atoms with E-state index in [0.29, 0.717) is 44.6 Å². The molecule has 2 N–H and O–H groups in total. The van der Waals surface area contributed by atoms with Gasteiger partial charge in [-0.1, -0.05) is 67.0 Å². The van der Waals surface area contributed by atoms with Gasteiger partial charge in [0.2, 0.25) is 5.91 Å². The van der Waals surface area contributed by atoms with E-state index < -0.39 is 0 Å². The number of hydrogen-bond acceptors (Lipinski definition) is 5. The lowest BCUT2D eigenvalue weighted by molar-refractivity contribution is -0.113. The van der Waals surface area contributed by atoms with Crippen LogP contribution in [0, 0.1) is 12.8 Å². The molecule has 1 atom stereocenters. The molecule has 3 aromatic rings. The molecule has 3 rings (SSSR count). The van der Waals surface area contributed by atoms with Gasteiger partial charge in [0.15, 0.2) is 11.0 Å². The first-order chi connectivity index (χ1) is 16.2. The molecule has 34 heavy (non-hydrogen) atoms. The zero-order valence-electron chi connectivity index (χ0n) is 19.4. The summed E-state index contributed by atoms with van der Waals surface area (Å²) in [6.45, 7) is 6.00. The van der Waals surface area contributed by atoms with Gasteiger partial charge in [-0.2, -0.15) is 0 Å². The van der Waals surface area contributed by atoms with E-state index in [9.17, 15) is 9.59 Å². The van der Waals surface area contributed by atoms with Crippen LogP contribution in [0.3, 0.4) is 0 Å². The monoisotopic (exact) mass is 519 g/mol. The Morgan fingerprint density at radius 2 is 1.76 bits per heavy atom. The van der Waals surface area contributed by atoms with Crippen molar-refractivity contribution in [3.05, 3.63) is 69.5 Å². The summed E-state index contributed by atoms with van der Waals surface area (Å²) in [6.07, 6.45) is 0.668. The summed E-state index contributed by atoms with van der Waals surface area (Å²) in [5.74, 6) is 0.618. The van der Waals surface area contributed by atoms with E-state index in [2.05, 4.69) is 34.7 Å². The molecule has 0 fully saturated rings. The zero-order valence-corrected chi connectivity index (χ0v) is 21.8. The molecule has 0 saturated carbocycles. The predicted molar refractivity (Wildman–Crippen MR) is 138 cm³/mol. The number of carbonyl (C=O) groups excluding carboxylic acids is 2. The Morgan fingerprint density at radius 3 is 2.47 bits per heavy atom. The highest BCUT2D eigenvalue weighted by Gasteiger charge is 2.24. The van der Waals surface area contributed by atoms with Crippen LogP contribution in [0.25, 0.3) is 0 Å². The Bertz CT molecular complexity index is 1180. The fourth-order valence-electron chi connectivity index (χ4n) is 3.40. The molecule has 0 aliphatic heterocycles. The molecule has 1 heterocycles. The molecule has 0 bridgehead atoms. The summed E-state index contributed by atoms with van der Waals surface area (Å²) < 4.78 is 1.81. The highest BCUT2D eigenvalue weighted by Crippen LogP contribution is 2.26. The minimum atomic E-state index is -0.362. The molecule has 1 aromatic heterocycles. The Morgan fingerprint density at radius 1 is 1.06 bits per heavy atom. The SMILES string of the molecule is Cc1c(Cl)cccc1NC(=O)CSc1nnc([C@@H](CC(C)C)NC(=O)c2ccccc2Cl)n1C. The van der Waals surface area contributed by atoms with Gasteiger partial charge in [-0.3, -0.25) is 9.59 Å². The van der Waals surface area contributed by atoms with E-state index in [1.807, 2.05) is 24.6 Å². The number of benzene rings is 2. The van der Waals surface area contributed by atoms with Crippen LogP contribution < -0.4 is 10.6 Å². The molecule has 0 aliphatic rings. The van der Waals surface area contributed by atoms with E-state index in [-0.39, 0.29) is 23.6 Å². The molecule has 0 aliphatic carbocycles. The lowest BCUT2D eigenvalue weighted by atomic mass is 10.0. The molecule has 0 saturated heterocycles. The van der Waals surface area contributed by atoms with Crippen molar-refractivity contribution in [3.8, 4) is 0 Å². The van der Waals surface area contributed by atoms with Crippen molar-refractivity contribution < 1.29 is 9.59 Å². The number of aromatic nitrogens is 3. The fraction of sp³-hybridized carbons (Fsp3) is 0.333. The van der Waals surface area contributed by atoms with Gasteiger partial charge in [-0.05, 0) is 49.1 Å². The van der Waals surface area contributed by atoms with Gasteiger partial charge in [0.25, 0.3) is 5.91 Å². The standard InChI is InChI=1S/C24H27Cl2N5O2S/c1-14(2)12-20(28-23(33)16-8-5-6-9-18(16)26)22-29-30-24(31(22)4)34-13-21(32)27-19-11-7-10-17(25)15(19)3/h5-11,14,20H,12-13H2,1-4H3,(H,27,32)(H,28,33)/t20-/m1/s1. The Labute approximate surface area is 213 Å². The average Bonchev–Trinajstić information content (AvgIpc) is 3.15. The highest BCUT2D eigenvalue weighted by atomic mass is 35.5. The Balaban J connectivity index is 1.70. The zero-order chi connectivity index (χ0) is 24.8. The maximum atomic E-state index is 12.9. The van der Waals surface area contributed by atoms with Crippen LogP contribution in [0.2, 0.25) is 10.0 Å². The first kappa shape index (κ1) is 26.1. The van der Waals surface area contributed by atoms with E-state index in [4.69, 9.17) is 23.2 Å². The van der Waals surface area contributed by atoms with Gasteiger partial charge < -0.3 is 15.2 Å². The van der Waals surface area contributed by atoms with Gasteiger partial charge in [-0.25, -0.2) is 0 Å². The summed E-state index contributed by atoms with van der Waals surface area (Å²) in [4.78, 5) is 25.3. The minimum absolute atomic E-state index is 0.152. The number of anilines is 1. The first-order valence-electron chi connectivity index (χ1n) is 10.8. The number of nitrogens with zero attached hydrogens (tertiary/aromatic N) is 3. The number of carbonyl (C=O) groups is 2. The second-order valence-electron chi connectivity index (χ2n) is 8.28. The third-order valence-corrected chi connectivity index (χ3v) is 6.94. The smallest absolute Gasteiger partial charge is 0.253 e. The summed E-state index contributed by atoms with van der Waals surface area (Å²) in [5, 5.41) is 16.0. The fourth-order valence-corrected chi connectivity index (χ4v) is 4.51. The van der Waals surface area contributed by atoms with Gasteiger partial charge in [-0.15, -0.1) is 10.2 Å². The normalized spacial score (nSPS) is 12.0. The van der Waals surface area contributed by atoms with Gasteiger partial charge in [0.05, 0.1) is 22.4 Å². The number of halogens is 2. The van der Waals surface area contributed by atoms with E-state index >= 15 is 0 Å². The molecule has 2 amide bonds. The van der Waals surface area contributed by atoms with Crippen molar-refractivity contribution >= 4 is 52.5 Å². The number of nitrogens with one attached hydrogen (secondary N) is 2. The molecule has 7 nitrogen and oxygen atoms in total. The third-order valence-electron chi connectivity index (χ3n) is 5.19. The van der Waals surface area contributed by atoms with Crippen LogP contribution in [0.5, 0.6) is 0 Å². The van der Waals surface area contributed by atoms with Gasteiger partial charge >= 0.3 is 0 Å². The molecule has 10 heteroatoms. The summed E-state index contributed by atoms with van der Waals surface area (Å²) in [6, 6.07) is 11.9. The third kappa shape index (κ3) is 6.52. The minimum Gasteiger partial charge on any atom is -0.342 e. The molecular weight excluding hydrogens is 493 g/mol. The van der Waals surface area contributed by atoms with E-state index in [0.717, 1.165) is 5.56 Å². The van der Waals surface area contributed by atoms with E-state index in [1.54, 1.807) is 36.4 Å². The number of amides is 2. The number of thioether (sulfide) groups is 1. The largest absolute Gasteiger partial charge is 0.342 e. The number of rotatable bonds is 9. The highest BCUT2D eigenvalue weighted by molar-refractivity contribution is 7.99. The van der Waals surface area contributed by atoms with Crippen molar-refractivity contribution in [2.45, 2.75) is 38.4 Å². The molecule has 180 valence electrons. The Kier molecular flexibility index (Phi) is 8.99. The topological polar surface area (TPSA) is 88.9 Å². The predicted octanol–water partition coefficient (Wildman–Crippen LogP) is 5.68. The quantitative estimate of drug-likeness (QED) is 0.355. The van der Waals surface area contributed by atoms with Crippen LogP contribution in [-0.4, -0.2) is 32.3 Å². The van der Waals surface area contributed by atoms with Crippen molar-refractivity contribution in [1.29, 1.82) is 0 Å². The van der Waals surface area contributed by atoms with Crippen LogP contribution in [0.4, 0.5) is 5.69 Å². The van der Waals surface area contributed by atoms with Crippen molar-refractivity contribution in [1.82, 2.24) is 20.1 Å². The molecule has 2 aromatic carbocycles. The average molecular weight is 520 g/mol. The lowest BCUT2D eigenvalue weighted by Gasteiger charge is -2.20. The molecule has 0 spiro atoms. The maximum absolute atomic E-state index is 12.9. The van der Waals surface area contributed by atoms with Crippen molar-refractivity contribution in [2.75, 3.05) is 11.1 Å². The Hall–Kier alpha value is -2.55. The number of hydrogen-bond donors (Lipinski definition) is 2. The lowest BCUT2D eigenvalue weighted by Crippen LogP contribution is -2.31. The van der Waals surface area contributed by atoms with Crippen LogP contribution in [0.15, 0.2) is 47.6 Å². The molecule has 0 radical (unpaired) electrons. The van der Waals surface area contributed by atoms with E-state index in [1.165, 1.54) is 11.8 Å². The molecule has 0 unspecified atom stereocenters. The summed E-state index contributed by atoms with van der Waals surface area (Å²) in [7, 11) is 1.83. The summed E-state index contributed by atoms with van der Waals surface area (Å²) in [5.41, 5.74) is 1.90. The van der Waals surface area contributed by atoms with Crippen LogP contribution in [0.1, 0.15) is 48.1 Å². The van der Waals surface area contributed by atoms with Crippen LogP contribution in [-0.2, 0) is 11.8 Å². The first-order valence-corrected chi connectivity index (χ1v) is 12.5. The van der Waals surface area contributed by atoms with Crippen molar-refractivity contribution in [2.24, 2.45) is 13.0 Å². The van der Waals surface area contributed by atoms with Crippen molar-refractivity contribution in [3.63, 3.8) is 0 Å². The molecular formula is C24H27Cl2N5O2S. The van der Waals surface area contributed by atoms with Gasteiger partial charge in [0, 0.05) is 17.8 Å². The second kappa shape index (κ2) is 11.7. The van der Waals surface area contributed by atoms with Gasteiger partial charge in [0.1, 0.15) is 0 Å².